The van der Waals surface area contributed by atoms with E-state index in [9.17, 15) is 22.4 Å². The normalized spacial score (nSPS) is 13.6. The number of hydrogen-bond acceptors (Lipinski definition) is 2. The number of nitrogens with one attached hydrogen (secondary N) is 2. The number of alkyl halides is 7. The zero-order chi connectivity index (χ0) is 17.1. The Morgan fingerprint density at radius 2 is 1.82 bits per heavy atom. The predicted octanol–water partition coefficient (Wildman–Crippen LogP) is 4.55. The van der Waals surface area contributed by atoms with Crippen molar-refractivity contribution in [3.63, 3.8) is 0 Å². The largest absolute Gasteiger partial charge is 0.416 e. The molecule has 1 rings (SSSR count). The molecule has 22 heavy (non-hydrogen) atoms. The van der Waals surface area contributed by atoms with E-state index in [1.54, 1.807) is 0 Å². The molecule has 0 spiro atoms. The fourth-order valence-electron chi connectivity index (χ4n) is 1.37. The van der Waals surface area contributed by atoms with Crippen LogP contribution < -0.4 is 10.6 Å². The lowest BCUT2D eigenvalue weighted by Gasteiger charge is -2.27. The maximum Gasteiger partial charge on any atom is 0.416 e. The van der Waals surface area contributed by atoms with Gasteiger partial charge in [0.05, 0.1) is 16.3 Å². The second-order valence-electron chi connectivity index (χ2n) is 4.01. The first-order chi connectivity index (χ1) is 9.95. The molecule has 0 unspecified atom stereocenters. The van der Waals surface area contributed by atoms with Crippen LogP contribution in [0.2, 0.25) is 5.02 Å². The van der Waals surface area contributed by atoms with Crippen LogP contribution in [0.4, 0.5) is 23.2 Å². The van der Waals surface area contributed by atoms with Crippen molar-refractivity contribution in [1.29, 1.82) is 0 Å². The molecular weight excluding hydrogens is 394 g/mol. The molecule has 0 heterocycles. The van der Waals surface area contributed by atoms with Crippen LogP contribution in [0, 0.1) is 0 Å². The summed E-state index contributed by atoms with van der Waals surface area (Å²) in [5, 5.41) is 4.21. The summed E-state index contributed by atoms with van der Waals surface area (Å²) >= 11 is 22.6. The molecule has 0 fully saturated rings. The van der Waals surface area contributed by atoms with Crippen molar-refractivity contribution in [2.24, 2.45) is 0 Å². The van der Waals surface area contributed by atoms with Gasteiger partial charge in [-0.15, -0.1) is 0 Å². The second-order valence-corrected chi connectivity index (χ2v) is 6.79. The van der Waals surface area contributed by atoms with Gasteiger partial charge in [-0.3, -0.25) is 4.79 Å². The quantitative estimate of drug-likeness (QED) is 0.441. The first-order valence-corrected chi connectivity index (χ1v) is 7.01. The minimum atomic E-state index is -4.61. The molecule has 0 radical (unpaired) electrons. The summed E-state index contributed by atoms with van der Waals surface area (Å²) in [6.45, 7) is -1.39. The minimum Gasteiger partial charge on any atom is -0.361 e. The third-order valence-electron chi connectivity index (χ3n) is 2.35. The van der Waals surface area contributed by atoms with Crippen LogP contribution in [-0.2, 0) is 11.0 Å². The van der Waals surface area contributed by atoms with E-state index in [-0.39, 0.29) is 10.7 Å². The molecule has 0 aliphatic rings. The molecule has 1 aromatic carbocycles. The molecule has 0 saturated heterocycles. The van der Waals surface area contributed by atoms with Crippen LogP contribution in [0.3, 0.4) is 0 Å². The van der Waals surface area contributed by atoms with E-state index in [2.05, 4.69) is 5.32 Å². The van der Waals surface area contributed by atoms with E-state index in [0.717, 1.165) is 12.1 Å². The zero-order valence-electron chi connectivity index (χ0n) is 10.4. The molecule has 3 nitrogen and oxygen atoms in total. The smallest absolute Gasteiger partial charge is 0.361 e. The van der Waals surface area contributed by atoms with E-state index in [1.807, 2.05) is 5.32 Å². The Bertz CT molecular complexity index is 548. The maximum absolute atomic E-state index is 12.7. The van der Waals surface area contributed by atoms with Crippen molar-refractivity contribution in [2.45, 2.75) is 16.1 Å². The third kappa shape index (κ3) is 5.53. The molecule has 2 N–H and O–H groups in total. The third-order valence-corrected chi connectivity index (χ3v) is 3.33. The van der Waals surface area contributed by atoms with Crippen molar-refractivity contribution in [3.05, 3.63) is 28.8 Å². The van der Waals surface area contributed by atoms with Gasteiger partial charge >= 0.3 is 6.18 Å². The highest BCUT2D eigenvalue weighted by Crippen LogP contribution is 2.36. The first-order valence-electron chi connectivity index (χ1n) is 5.50. The highest BCUT2D eigenvalue weighted by molar-refractivity contribution is 6.68. The van der Waals surface area contributed by atoms with Crippen LogP contribution in [0.5, 0.6) is 0 Å². The van der Waals surface area contributed by atoms with Crippen LogP contribution in [-0.4, -0.2) is 22.5 Å². The Labute approximate surface area is 142 Å². The van der Waals surface area contributed by atoms with E-state index in [0.29, 0.717) is 6.07 Å². The SMILES string of the molecule is O=C(CF)N[C@@H](Nc1cc(C(F)(F)F)ccc1Cl)C(Cl)(Cl)Cl. The fourth-order valence-corrected chi connectivity index (χ4v) is 1.87. The van der Waals surface area contributed by atoms with Gasteiger partial charge in [-0.05, 0) is 18.2 Å². The number of anilines is 1. The van der Waals surface area contributed by atoms with E-state index in [1.165, 1.54) is 0 Å². The topological polar surface area (TPSA) is 41.1 Å². The molecular formula is C11H8Cl4F4N2O. The Morgan fingerprint density at radius 1 is 1.23 bits per heavy atom. The summed E-state index contributed by atoms with van der Waals surface area (Å²) < 4.78 is 48.1. The number of benzene rings is 1. The van der Waals surface area contributed by atoms with Crippen LogP contribution in [0.15, 0.2) is 18.2 Å². The van der Waals surface area contributed by atoms with Crippen LogP contribution >= 0.6 is 46.4 Å². The number of hydrogen-bond donors (Lipinski definition) is 2. The van der Waals surface area contributed by atoms with Gasteiger partial charge in [0.15, 0.2) is 6.67 Å². The predicted molar refractivity (Wildman–Crippen MR) is 78.3 cm³/mol. The Morgan fingerprint density at radius 3 is 2.27 bits per heavy atom. The summed E-state index contributed by atoms with van der Waals surface area (Å²) in [4.78, 5) is 11.1. The van der Waals surface area contributed by atoms with Gasteiger partial charge in [-0.25, -0.2) is 4.39 Å². The molecule has 124 valence electrons. The van der Waals surface area contributed by atoms with Gasteiger partial charge in [-0.1, -0.05) is 46.4 Å². The number of carbonyl (C=O) groups excluding carboxylic acids is 1. The number of halogens is 8. The molecule has 1 atom stereocenters. The van der Waals surface area contributed by atoms with Crippen molar-refractivity contribution in [1.82, 2.24) is 5.32 Å². The average molecular weight is 402 g/mol. The number of amides is 1. The van der Waals surface area contributed by atoms with Crippen molar-refractivity contribution in [3.8, 4) is 0 Å². The lowest BCUT2D eigenvalue weighted by atomic mass is 10.2. The Balaban J connectivity index is 3.10. The Kier molecular flexibility index (Phi) is 6.44. The molecule has 0 aliphatic carbocycles. The summed E-state index contributed by atoms with van der Waals surface area (Å²) in [5.41, 5.74) is -1.24. The van der Waals surface area contributed by atoms with Gasteiger partial charge in [0, 0.05) is 0 Å². The summed E-state index contributed by atoms with van der Waals surface area (Å²) in [5.74, 6) is -1.12. The van der Waals surface area contributed by atoms with Crippen molar-refractivity contribution >= 4 is 58.0 Å². The molecule has 0 aromatic heterocycles. The molecule has 0 bridgehead atoms. The second kappa shape index (κ2) is 7.29. The lowest BCUT2D eigenvalue weighted by Crippen LogP contribution is -2.49. The molecule has 11 heteroatoms. The van der Waals surface area contributed by atoms with Crippen molar-refractivity contribution < 1.29 is 22.4 Å². The minimum absolute atomic E-state index is 0.109. The van der Waals surface area contributed by atoms with E-state index < -0.39 is 34.3 Å². The van der Waals surface area contributed by atoms with Gasteiger partial charge in [0.2, 0.25) is 3.79 Å². The molecule has 0 aliphatic heterocycles. The average Bonchev–Trinajstić information content (AvgIpc) is 2.37. The van der Waals surface area contributed by atoms with Gasteiger partial charge in [0.25, 0.3) is 5.91 Å². The fraction of sp³-hybridized carbons (Fsp3) is 0.364. The molecule has 1 aromatic rings. The number of carbonyl (C=O) groups is 1. The van der Waals surface area contributed by atoms with Gasteiger partial charge < -0.3 is 10.6 Å². The van der Waals surface area contributed by atoms with Gasteiger partial charge in [0.1, 0.15) is 6.17 Å². The van der Waals surface area contributed by atoms with Crippen molar-refractivity contribution in [2.75, 3.05) is 12.0 Å². The zero-order valence-corrected chi connectivity index (χ0v) is 13.5. The van der Waals surface area contributed by atoms with E-state index >= 15 is 0 Å². The summed E-state index contributed by atoms with van der Waals surface area (Å²) in [6.07, 6.45) is -6.11. The van der Waals surface area contributed by atoms with Gasteiger partial charge in [-0.2, -0.15) is 13.2 Å². The maximum atomic E-state index is 12.7. The summed E-state index contributed by atoms with van der Waals surface area (Å²) in [6, 6.07) is 2.42. The highest BCUT2D eigenvalue weighted by Gasteiger charge is 2.35. The van der Waals surface area contributed by atoms with Crippen LogP contribution in [0.25, 0.3) is 0 Å². The standard InChI is InChI=1S/C11H8Cl4F4N2O/c12-6-2-1-5(11(17,18)19)3-7(6)20-9(10(13,14)15)21-8(22)4-16/h1-3,9,20H,4H2,(H,21,22)/t9-/m1/s1. The highest BCUT2D eigenvalue weighted by atomic mass is 35.6. The first kappa shape index (κ1) is 19.4. The van der Waals surface area contributed by atoms with E-state index in [4.69, 9.17) is 46.4 Å². The number of rotatable bonds is 4. The lowest BCUT2D eigenvalue weighted by molar-refractivity contribution is -0.137. The monoisotopic (exact) mass is 400 g/mol. The Hall–Kier alpha value is -0.630. The molecule has 0 saturated carbocycles. The summed E-state index contributed by atoms with van der Waals surface area (Å²) in [7, 11) is 0. The molecule has 1 amide bonds. The van der Waals surface area contributed by atoms with Crippen LogP contribution in [0.1, 0.15) is 5.56 Å².